The van der Waals surface area contributed by atoms with Crippen molar-refractivity contribution in [1.29, 1.82) is 0 Å². The van der Waals surface area contributed by atoms with E-state index in [-0.39, 0.29) is 94.2 Å². The van der Waals surface area contributed by atoms with Crippen LogP contribution in [-0.4, -0.2) is 220 Å². The second-order valence-electron chi connectivity index (χ2n) is 26.2. The zero-order valence-electron chi connectivity index (χ0n) is 53.7. The number of fused-ring (bicyclic) bond motifs is 2. The second kappa shape index (κ2) is 30.8. The highest BCUT2D eigenvalue weighted by Gasteiger charge is 2.50. The highest BCUT2D eigenvalue weighted by Crippen LogP contribution is 2.32. The van der Waals surface area contributed by atoms with Gasteiger partial charge in [-0.05, 0) is 99.7 Å². The number of carbonyl (C=O) groups is 12. The highest BCUT2D eigenvalue weighted by molar-refractivity contribution is 6.36. The van der Waals surface area contributed by atoms with Gasteiger partial charge in [0.05, 0.1) is 12.1 Å². The molecule has 0 aromatic carbocycles. The maximum atomic E-state index is 15.3. The zero-order chi connectivity index (χ0) is 63.5. The minimum absolute atomic E-state index is 0.0795. The number of urea groups is 1. The fraction of sp³-hybridized carbons (Fsp3) is 0.803. The molecule has 3 N–H and O–H groups in total. The van der Waals surface area contributed by atoms with E-state index >= 15 is 14.4 Å². The van der Waals surface area contributed by atoms with Crippen molar-refractivity contribution in [3.05, 3.63) is 0 Å². The van der Waals surface area contributed by atoms with Gasteiger partial charge in [-0.2, -0.15) is 0 Å². The van der Waals surface area contributed by atoms with Crippen molar-refractivity contribution in [2.24, 2.45) is 41.4 Å². The number of rotatable bonds is 16. The molecule has 0 bridgehead atoms. The normalized spacial score (nSPS) is 28.1. The van der Waals surface area contributed by atoms with Crippen molar-refractivity contribution >= 4 is 70.8 Å². The summed E-state index contributed by atoms with van der Waals surface area (Å²) in [5.74, 6) is -8.98. The number of likely N-dealkylation sites (N-methyl/N-ethyl adjacent to an activating group) is 4. The van der Waals surface area contributed by atoms with Gasteiger partial charge in [-0.25, -0.2) is 4.79 Å². The molecule has 10 amide bonds. The summed E-state index contributed by atoms with van der Waals surface area (Å²) in [7, 11) is 5.69. The predicted molar refractivity (Wildman–Crippen MR) is 315 cm³/mol. The van der Waals surface area contributed by atoms with Crippen molar-refractivity contribution < 1.29 is 62.3 Å². The third-order valence-corrected chi connectivity index (χ3v) is 17.3. The summed E-state index contributed by atoms with van der Waals surface area (Å²) in [6.45, 7) is 24.9. The maximum absolute atomic E-state index is 15.3. The van der Waals surface area contributed by atoms with E-state index in [4.69, 9.17) is 4.74 Å². The minimum Gasteiger partial charge on any atom is -0.459 e. The van der Waals surface area contributed by atoms with Gasteiger partial charge < -0.3 is 55.0 Å². The summed E-state index contributed by atoms with van der Waals surface area (Å²) in [4.78, 5) is 183. The van der Waals surface area contributed by atoms with Crippen molar-refractivity contribution in [2.45, 2.75) is 222 Å². The van der Waals surface area contributed by atoms with Crippen LogP contribution in [0, 0.1) is 41.4 Å². The number of amides is 10. The van der Waals surface area contributed by atoms with Crippen LogP contribution in [0.5, 0.6) is 0 Å². The van der Waals surface area contributed by atoms with Crippen molar-refractivity contribution in [2.75, 3.05) is 54.4 Å². The first kappa shape index (κ1) is 70.3. The molecule has 0 saturated carbocycles. The fourth-order valence-electron chi connectivity index (χ4n) is 12.7. The summed E-state index contributed by atoms with van der Waals surface area (Å²) in [5, 5.41) is 8.44. The molecule has 23 heteroatoms. The Balaban J connectivity index is 1.89. The third-order valence-electron chi connectivity index (χ3n) is 17.3. The molecule has 0 aliphatic carbocycles. The standard InChI is InChI=1S/C61H102N10O13/c1-19-40-29-46(70(32-40)60(82)50(37(11)12)67(17)58(80)47(72)20-2)57(79)68(18)51-39(14)84-48(73)30-62-53(75)45(27-35(7)8)65(15)56(78)43-22-21-25-69(43)59(81)49(36(9)10)66(16)55(77)41(24-23-33(3)4)64-61(83)71-31-38(13)28-44(71)52(74)42(26-34(5)6)63-54(51)76/h33-46,49-51H,19-32H2,1-18H3,(H,62,75)(H,63,76)(H,64,83). The van der Waals surface area contributed by atoms with Crippen LogP contribution in [0.4, 0.5) is 4.79 Å². The molecule has 4 fully saturated rings. The molecular weight excluding hydrogens is 1080 g/mol. The molecule has 0 aromatic rings. The van der Waals surface area contributed by atoms with Gasteiger partial charge >= 0.3 is 12.0 Å². The Labute approximate surface area is 499 Å². The van der Waals surface area contributed by atoms with Crippen LogP contribution in [0.2, 0.25) is 0 Å². The first-order valence-electron chi connectivity index (χ1n) is 30.8. The van der Waals surface area contributed by atoms with Gasteiger partial charge in [0.25, 0.3) is 5.91 Å². The number of cyclic esters (lactones) is 1. The van der Waals surface area contributed by atoms with E-state index in [1.807, 2.05) is 55.4 Å². The number of hydrogen-bond acceptors (Lipinski definition) is 13. The molecule has 474 valence electrons. The maximum Gasteiger partial charge on any atom is 0.325 e. The number of Topliss-reactive ketones (excluding diaryl/α,β-unsaturated/α-hetero) is 2. The second-order valence-corrected chi connectivity index (χ2v) is 26.2. The van der Waals surface area contributed by atoms with Gasteiger partial charge in [0.2, 0.25) is 47.1 Å². The molecule has 4 heterocycles. The van der Waals surface area contributed by atoms with E-state index < -0.39 is 150 Å². The molecule has 4 aliphatic heterocycles. The molecule has 12 unspecified atom stereocenters. The number of esters is 1. The van der Waals surface area contributed by atoms with E-state index in [0.717, 1.165) is 9.80 Å². The monoisotopic (exact) mass is 1180 g/mol. The molecule has 4 aliphatic rings. The Kier molecular flexibility index (Phi) is 25.8. The summed E-state index contributed by atoms with van der Waals surface area (Å²) in [6, 6.07) is -11.3. The number of carbonyl (C=O) groups excluding carboxylic acids is 12. The van der Waals surface area contributed by atoms with Crippen LogP contribution >= 0.6 is 0 Å². The van der Waals surface area contributed by atoms with Crippen LogP contribution in [0.3, 0.4) is 0 Å². The molecular formula is C61H102N10O13. The number of nitrogens with one attached hydrogen (secondary N) is 3. The first-order valence-corrected chi connectivity index (χ1v) is 30.8. The van der Waals surface area contributed by atoms with Crippen LogP contribution in [-0.2, 0) is 57.5 Å². The summed E-state index contributed by atoms with van der Waals surface area (Å²) >= 11 is 0. The van der Waals surface area contributed by atoms with Crippen molar-refractivity contribution in [3.8, 4) is 0 Å². The lowest BCUT2D eigenvalue weighted by Crippen LogP contribution is -2.62. The Morgan fingerprint density at radius 1 is 0.714 bits per heavy atom. The average molecular weight is 1180 g/mol. The van der Waals surface area contributed by atoms with E-state index in [0.29, 0.717) is 19.3 Å². The van der Waals surface area contributed by atoms with Gasteiger partial charge in [0.1, 0.15) is 54.9 Å². The molecule has 84 heavy (non-hydrogen) atoms. The Morgan fingerprint density at radius 3 is 1.90 bits per heavy atom. The van der Waals surface area contributed by atoms with Crippen LogP contribution in [0.1, 0.15) is 161 Å². The Bertz CT molecular complexity index is 2410. The zero-order valence-corrected chi connectivity index (χ0v) is 53.7. The fourth-order valence-corrected chi connectivity index (χ4v) is 12.7. The number of nitrogens with zero attached hydrogens (tertiary/aromatic N) is 7. The van der Waals surface area contributed by atoms with Crippen LogP contribution < -0.4 is 16.0 Å². The highest BCUT2D eigenvalue weighted by atomic mass is 16.5. The summed E-state index contributed by atoms with van der Waals surface area (Å²) in [5.41, 5.74) is 0. The van der Waals surface area contributed by atoms with Crippen LogP contribution in [0.15, 0.2) is 0 Å². The lowest BCUT2D eigenvalue weighted by atomic mass is 9.93. The third kappa shape index (κ3) is 17.1. The molecule has 4 rings (SSSR count). The van der Waals surface area contributed by atoms with E-state index in [9.17, 15) is 43.2 Å². The number of ether oxygens (including phenoxy) is 1. The van der Waals surface area contributed by atoms with Gasteiger partial charge in [-0.3, -0.25) is 52.7 Å². The number of hydrogen-bond donors (Lipinski definition) is 3. The van der Waals surface area contributed by atoms with Crippen LogP contribution in [0.25, 0.3) is 0 Å². The Hall–Kier alpha value is -6.16. The predicted octanol–water partition coefficient (Wildman–Crippen LogP) is 3.64. The van der Waals surface area contributed by atoms with Gasteiger partial charge in [-0.15, -0.1) is 0 Å². The molecule has 12 atom stereocenters. The largest absolute Gasteiger partial charge is 0.459 e. The van der Waals surface area contributed by atoms with Gasteiger partial charge in [-0.1, -0.05) is 96.4 Å². The molecule has 4 saturated heterocycles. The average Bonchev–Trinajstić information content (AvgIpc) is 4.27. The molecule has 0 radical (unpaired) electrons. The quantitative estimate of drug-likeness (QED) is 0.147. The van der Waals surface area contributed by atoms with Crippen molar-refractivity contribution in [3.63, 3.8) is 0 Å². The molecule has 0 aromatic heterocycles. The Morgan fingerprint density at radius 2 is 1.35 bits per heavy atom. The summed E-state index contributed by atoms with van der Waals surface area (Å²) in [6.07, 6.45) is 1.12. The number of ketones is 2. The smallest absolute Gasteiger partial charge is 0.325 e. The van der Waals surface area contributed by atoms with E-state index in [2.05, 4.69) is 16.0 Å². The molecule has 0 spiro atoms. The lowest BCUT2D eigenvalue weighted by Gasteiger charge is -2.38. The van der Waals surface area contributed by atoms with Crippen molar-refractivity contribution in [1.82, 2.24) is 50.2 Å². The van der Waals surface area contributed by atoms with Gasteiger partial charge in [0.15, 0.2) is 5.78 Å². The SMILES string of the molecule is CCC(=O)C(=O)N(C)C(C(=O)N1CC(CC)CC1C(=O)N(C)C1C(=O)NC(CC(C)C)C(=O)C2CC(C)CN2C(=O)NC(CCC(C)C)C(=O)N(C)C(C(C)C)C(=O)N2CCCC2C(=O)N(C)C(CC(C)C)C(=O)NCC(=O)OC1C)C(C)C. The van der Waals surface area contributed by atoms with E-state index in [1.165, 1.54) is 59.6 Å². The topological polar surface area (TPSA) is 273 Å². The van der Waals surface area contributed by atoms with Gasteiger partial charge in [0, 0.05) is 54.2 Å². The number of likely N-dealkylation sites (tertiary alicyclic amines) is 1. The summed E-state index contributed by atoms with van der Waals surface area (Å²) < 4.78 is 5.94. The molecule has 23 nitrogen and oxygen atoms in total. The first-order chi connectivity index (χ1) is 39.2. The van der Waals surface area contributed by atoms with E-state index in [1.54, 1.807) is 34.6 Å². The lowest BCUT2D eigenvalue weighted by molar-refractivity contribution is -0.160. The minimum atomic E-state index is -1.67.